The number of hydrogen-bond donors (Lipinski definition) is 3. The summed E-state index contributed by atoms with van der Waals surface area (Å²) < 4.78 is 0. The van der Waals surface area contributed by atoms with Crippen molar-refractivity contribution < 1.29 is 5.11 Å². The van der Waals surface area contributed by atoms with Gasteiger partial charge in [0.15, 0.2) is 0 Å². The third-order valence-electron chi connectivity index (χ3n) is 4.60. The Morgan fingerprint density at radius 2 is 2.29 bits per heavy atom. The van der Waals surface area contributed by atoms with Crippen LogP contribution in [0.25, 0.3) is 0 Å². The SMILES string of the molecule is CC(CC(=N)N)N1CCC2(O)CCCCC2C1. The van der Waals surface area contributed by atoms with Gasteiger partial charge in [0, 0.05) is 31.5 Å². The van der Waals surface area contributed by atoms with Crippen LogP contribution in [0.3, 0.4) is 0 Å². The first-order valence-electron chi connectivity index (χ1n) is 6.80. The summed E-state index contributed by atoms with van der Waals surface area (Å²) in [5.74, 6) is 0.696. The number of piperidine rings is 1. The standard InChI is InChI=1S/C13H25N3O/c1-10(8-12(14)15)16-7-6-13(17)5-3-2-4-11(13)9-16/h10-11,17H,2-9H2,1H3,(H3,14,15). The molecule has 1 aliphatic carbocycles. The van der Waals surface area contributed by atoms with Gasteiger partial charge in [-0.25, -0.2) is 0 Å². The molecule has 0 aromatic rings. The van der Waals surface area contributed by atoms with Crippen LogP contribution in [0.15, 0.2) is 0 Å². The van der Waals surface area contributed by atoms with E-state index >= 15 is 0 Å². The Morgan fingerprint density at radius 1 is 1.53 bits per heavy atom. The van der Waals surface area contributed by atoms with Crippen LogP contribution in [0.1, 0.15) is 45.4 Å². The van der Waals surface area contributed by atoms with E-state index in [1.165, 1.54) is 12.8 Å². The predicted octanol–water partition coefficient (Wildman–Crippen LogP) is 1.33. The minimum Gasteiger partial charge on any atom is -0.390 e. The zero-order valence-electron chi connectivity index (χ0n) is 10.8. The maximum Gasteiger partial charge on any atom is 0.0920 e. The fourth-order valence-corrected chi connectivity index (χ4v) is 3.44. The Balaban J connectivity index is 1.94. The molecule has 4 heteroatoms. The lowest BCUT2D eigenvalue weighted by atomic mass is 9.71. The van der Waals surface area contributed by atoms with Gasteiger partial charge in [-0.2, -0.15) is 0 Å². The second kappa shape index (κ2) is 4.94. The largest absolute Gasteiger partial charge is 0.390 e. The van der Waals surface area contributed by atoms with Crippen LogP contribution >= 0.6 is 0 Å². The van der Waals surface area contributed by atoms with Crippen LogP contribution < -0.4 is 5.73 Å². The molecule has 0 amide bonds. The number of likely N-dealkylation sites (tertiary alicyclic amines) is 1. The highest BCUT2D eigenvalue weighted by molar-refractivity contribution is 5.77. The van der Waals surface area contributed by atoms with E-state index in [-0.39, 0.29) is 5.84 Å². The lowest BCUT2D eigenvalue weighted by molar-refractivity contribution is -0.101. The molecule has 2 fully saturated rings. The molecule has 2 rings (SSSR count). The molecule has 0 aromatic carbocycles. The predicted molar refractivity (Wildman–Crippen MR) is 69.1 cm³/mol. The maximum absolute atomic E-state index is 10.6. The monoisotopic (exact) mass is 239 g/mol. The zero-order chi connectivity index (χ0) is 12.5. The first-order valence-corrected chi connectivity index (χ1v) is 6.80. The Morgan fingerprint density at radius 3 is 3.00 bits per heavy atom. The summed E-state index contributed by atoms with van der Waals surface area (Å²) in [4.78, 5) is 2.39. The van der Waals surface area contributed by atoms with Crippen LogP contribution in [-0.4, -0.2) is 40.6 Å². The van der Waals surface area contributed by atoms with Crippen LogP contribution in [-0.2, 0) is 0 Å². The Labute approximate surface area is 104 Å². The van der Waals surface area contributed by atoms with E-state index in [1.807, 2.05) is 0 Å². The van der Waals surface area contributed by atoms with Crippen LogP contribution in [0, 0.1) is 11.3 Å². The molecule has 17 heavy (non-hydrogen) atoms. The van der Waals surface area contributed by atoms with Gasteiger partial charge in [-0.1, -0.05) is 12.8 Å². The lowest BCUT2D eigenvalue weighted by Gasteiger charge is -2.49. The van der Waals surface area contributed by atoms with Crippen molar-refractivity contribution in [1.29, 1.82) is 5.41 Å². The highest BCUT2D eigenvalue weighted by Gasteiger charge is 2.43. The van der Waals surface area contributed by atoms with Gasteiger partial charge in [0.25, 0.3) is 0 Å². The average molecular weight is 239 g/mol. The van der Waals surface area contributed by atoms with Gasteiger partial charge in [-0.3, -0.25) is 10.3 Å². The Kier molecular flexibility index (Phi) is 3.73. The highest BCUT2D eigenvalue weighted by Crippen LogP contribution is 2.40. The summed E-state index contributed by atoms with van der Waals surface area (Å²) >= 11 is 0. The number of fused-ring (bicyclic) bond motifs is 1. The summed E-state index contributed by atoms with van der Waals surface area (Å²) in [5.41, 5.74) is 5.07. The number of nitrogens with two attached hydrogens (primary N) is 1. The number of nitrogens with one attached hydrogen (secondary N) is 1. The van der Waals surface area contributed by atoms with Gasteiger partial charge >= 0.3 is 0 Å². The van der Waals surface area contributed by atoms with Crippen molar-refractivity contribution in [2.24, 2.45) is 11.7 Å². The fraction of sp³-hybridized carbons (Fsp3) is 0.923. The van der Waals surface area contributed by atoms with E-state index in [4.69, 9.17) is 11.1 Å². The van der Waals surface area contributed by atoms with Crippen molar-refractivity contribution in [3.63, 3.8) is 0 Å². The molecule has 0 radical (unpaired) electrons. The molecule has 3 atom stereocenters. The van der Waals surface area contributed by atoms with E-state index in [0.29, 0.717) is 18.4 Å². The number of aliphatic hydroxyl groups is 1. The maximum atomic E-state index is 10.6. The number of nitrogens with zero attached hydrogens (tertiary/aromatic N) is 1. The molecule has 1 saturated heterocycles. The van der Waals surface area contributed by atoms with Gasteiger partial charge in [0.1, 0.15) is 0 Å². The van der Waals surface area contributed by atoms with Crippen molar-refractivity contribution in [3.8, 4) is 0 Å². The number of hydrogen-bond acceptors (Lipinski definition) is 3. The molecule has 4 N–H and O–H groups in total. The normalized spacial score (nSPS) is 36.2. The van der Waals surface area contributed by atoms with Gasteiger partial charge in [0.05, 0.1) is 11.4 Å². The summed E-state index contributed by atoms with van der Waals surface area (Å²) in [6.45, 7) is 4.06. The van der Waals surface area contributed by atoms with Crippen molar-refractivity contribution in [3.05, 3.63) is 0 Å². The Hall–Kier alpha value is -0.610. The minimum atomic E-state index is -0.398. The average Bonchev–Trinajstić information content (AvgIpc) is 2.26. The molecular weight excluding hydrogens is 214 g/mol. The molecule has 0 bridgehead atoms. The van der Waals surface area contributed by atoms with E-state index in [9.17, 15) is 5.11 Å². The molecule has 1 heterocycles. The molecule has 3 unspecified atom stereocenters. The number of rotatable bonds is 3. The highest BCUT2D eigenvalue weighted by atomic mass is 16.3. The van der Waals surface area contributed by atoms with Crippen molar-refractivity contribution in [2.75, 3.05) is 13.1 Å². The van der Waals surface area contributed by atoms with E-state index in [1.54, 1.807) is 0 Å². The second-order valence-corrected chi connectivity index (χ2v) is 5.87. The topological polar surface area (TPSA) is 73.3 Å². The molecule has 1 saturated carbocycles. The van der Waals surface area contributed by atoms with Crippen molar-refractivity contribution >= 4 is 5.84 Å². The summed E-state index contributed by atoms with van der Waals surface area (Å²) in [5, 5.41) is 17.9. The first-order chi connectivity index (χ1) is 8.01. The van der Waals surface area contributed by atoms with Gasteiger partial charge < -0.3 is 10.8 Å². The third kappa shape index (κ3) is 2.80. The van der Waals surface area contributed by atoms with Crippen molar-refractivity contribution in [2.45, 2.75) is 57.1 Å². The Bertz CT molecular complexity index is 294. The van der Waals surface area contributed by atoms with Gasteiger partial charge in [0.2, 0.25) is 0 Å². The van der Waals surface area contributed by atoms with Gasteiger partial charge in [-0.15, -0.1) is 0 Å². The molecule has 1 aliphatic heterocycles. The quantitative estimate of drug-likeness (QED) is 0.514. The smallest absolute Gasteiger partial charge is 0.0920 e. The minimum absolute atomic E-state index is 0.266. The summed E-state index contributed by atoms with van der Waals surface area (Å²) in [6, 6.07) is 0.332. The summed E-state index contributed by atoms with van der Waals surface area (Å²) in [7, 11) is 0. The van der Waals surface area contributed by atoms with E-state index in [2.05, 4.69) is 11.8 Å². The fourth-order valence-electron chi connectivity index (χ4n) is 3.44. The van der Waals surface area contributed by atoms with Crippen molar-refractivity contribution in [1.82, 2.24) is 4.90 Å². The molecule has 98 valence electrons. The summed E-state index contributed by atoms with van der Waals surface area (Å²) in [6.07, 6.45) is 6.09. The number of amidine groups is 1. The van der Waals surface area contributed by atoms with Crippen LogP contribution in [0.2, 0.25) is 0 Å². The van der Waals surface area contributed by atoms with Gasteiger partial charge in [-0.05, 0) is 26.2 Å². The second-order valence-electron chi connectivity index (χ2n) is 5.87. The third-order valence-corrected chi connectivity index (χ3v) is 4.60. The lowest BCUT2D eigenvalue weighted by Crippen LogP contribution is -2.55. The first kappa shape index (κ1) is 12.8. The van der Waals surface area contributed by atoms with E-state index < -0.39 is 5.60 Å². The molecule has 0 aromatic heterocycles. The molecular formula is C13H25N3O. The molecule has 2 aliphatic rings. The van der Waals surface area contributed by atoms with E-state index in [0.717, 1.165) is 32.4 Å². The zero-order valence-corrected chi connectivity index (χ0v) is 10.8. The molecule has 0 spiro atoms. The van der Waals surface area contributed by atoms with Crippen LogP contribution in [0.4, 0.5) is 0 Å². The van der Waals surface area contributed by atoms with Crippen LogP contribution in [0.5, 0.6) is 0 Å². The molecule has 4 nitrogen and oxygen atoms in total.